The molecule has 0 fully saturated rings. The van der Waals surface area contributed by atoms with Crippen molar-refractivity contribution >= 4 is 29.1 Å². The summed E-state index contributed by atoms with van der Waals surface area (Å²) in [6.07, 6.45) is -4.59. The number of anilines is 1. The fourth-order valence-corrected chi connectivity index (χ4v) is 2.12. The molecule has 0 unspecified atom stereocenters. The molecule has 0 aliphatic rings. The maximum atomic E-state index is 12.8. The number of carbonyl (C=O) groups excluding carboxylic acids is 2. The Morgan fingerprint density at radius 1 is 1.04 bits per heavy atom. The number of nitrogens with one attached hydrogen (secondary N) is 2. The van der Waals surface area contributed by atoms with Crippen LogP contribution in [0.15, 0.2) is 48.5 Å². The van der Waals surface area contributed by atoms with Crippen molar-refractivity contribution in [2.24, 2.45) is 0 Å². The molecule has 2 aromatic rings. The lowest BCUT2D eigenvalue weighted by atomic mass is 10.1. The van der Waals surface area contributed by atoms with Crippen LogP contribution in [0.2, 0.25) is 5.02 Å². The van der Waals surface area contributed by atoms with E-state index >= 15 is 0 Å². The first-order valence-electron chi connectivity index (χ1n) is 6.77. The topological polar surface area (TPSA) is 58.2 Å². The predicted octanol–water partition coefficient (Wildman–Crippen LogP) is 3.73. The summed E-state index contributed by atoms with van der Waals surface area (Å²) in [4.78, 5) is 23.6. The van der Waals surface area contributed by atoms with Crippen LogP contribution in [0.3, 0.4) is 0 Å². The van der Waals surface area contributed by atoms with Crippen LogP contribution in [-0.2, 0) is 11.0 Å². The molecule has 2 aromatic carbocycles. The third-order valence-corrected chi connectivity index (χ3v) is 3.24. The molecular formula is C16H12ClF3N2O2. The number of para-hydroxylation sites is 1. The Labute approximate surface area is 140 Å². The molecule has 2 rings (SSSR count). The molecule has 2 N–H and O–H groups in total. The Kier molecular flexibility index (Phi) is 5.46. The third kappa shape index (κ3) is 4.73. The zero-order valence-corrected chi connectivity index (χ0v) is 12.9. The molecule has 0 heterocycles. The summed E-state index contributed by atoms with van der Waals surface area (Å²) in [7, 11) is 0. The van der Waals surface area contributed by atoms with E-state index in [9.17, 15) is 22.8 Å². The van der Waals surface area contributed by atoms with Crippen LogP contribution in [0.25, 0.3) is 0 Å². The van der Waals surface area contributed by atoms with Gasteiger partial charge in [-0.3, -0.25) is 9.59 Å². The average molecular weight is 357 g/mol. The van der Waals surface area contributed by atoms with Gasteiger partial charge in [-0.15, -0.1) is 0 Å². The minimum absolute atomic E-state index is 0.242. The molecule has 0 aromatic heterocycles. The number of hydrogen-bond donors (Lipinski definition) is 2. The molecule has 0 bridgehead atoms. The van der Waals surface area contributed by atoms with Gasteiger partial charge in [-0.25, -0.2) is 0 Å². The number of amides is 2. The first-order valence-corrected chi connectivity index (χ1v) is 7.15. The first-order chi connectivity index (χ1) is 11.3. The Balaban J connectivity index is 1.98. The lowest BCUT2D eigenvalue weighted by molar-refractivity contribution is -0.137. The molecule has 8 heteroatoms. The van der Waals surface area contributed by atoms with Crippen molar-refractivity contribution in [3.05, 3.63) is 64.7 Å². The normalized spacial score (nSPS) is 11.0. The summed E-state index contributed by atoms with van der Waals surface area (Å²) < 4.78 is 38.5. The van der Waals surface area contributed by atoms with E-state index in [0.717, 1.165) is 12.1 Å². The standard InChI is InChI=1S/C16H12ClF3N2O2/c17-11-5-3-4-10(8-11)15(24)21-9-14(23)22-13-7-2-1-6-12(13)16(18,19)20/h1-8H,9H2,(H,21,24)(H,22,23). The highest BCUT2D eigenvalue weighted by Gasteiger charge is 2.33. The van der Waals surface area contributed by atoms with E-state index in [4.69, 9.17) is 11.6 Å². The van der Waals surface area contributed by atoms with Crippen molar-refractivity contribution in [2.45, 2.75) is 6.18 Å². The average Bonchev–Trinajstić information content (AvgIpc) is 2.52. The quantitative estimate of drug-likeness (QED) is 0.877. The number of rotatable bonds is 4. The Bertz CT molecular complexity index is 763. The summed E-state index contributed by atoms with van der Waals surface area (Å²) in [5.41, 5.74) is -1.09. The van der Waals surface area contributed by atoms with Crippen LogP contribution >= 0.6 is 11.6 Å². The second-order valence-electron chi connectivity index (χ2n) is 4.78. The van der Waals surface area contributed by atoms with E-state index in [0.29, 0.717) is 5.02 Å². The van der Waals surface area contributed by atoms with Gasteiger partial charge in [0.05, 0.1) is 17.8 Å². The van der Waals surface area contributed by atoms with Gasteiger partial charge in [-0.05, 0) is 30.3 Å². The summed E-state index contributed by atoms with van der Waals surface area (Å²) in [6, 6.07) is 10.6. The van der Waals surface area contributed by atoms with Gasteiger partial charge >= 0.3 is 6.18 Å². The van der Waals surface area contributed by atoms with Crippen molar-refractivity contribution in [2.75, 3.05) is 11.9 Å². The summed E-state index contributed by atoms with van der Waals surface area (Å²) in [6.45, 7) is -0.475. The molecule has 0 radical (unpaired) electrons. The summed E-state index contributed by atoms with van der Waals surface area (Å²) in [5, 5.41) is 4.80. The fraction of sp³-hybridized carbons (Fsp3) is 0.125. The van der Waals surface area contributed by atoms with Gasteiger partial charge in [0.15, 0.2) is 0 Å². The Morgan fingerprint density at radius 2 is 1.75 bits per heavy atom. The highest BCUT2D eigenvalue weighted by Crippen LogP contribution is 2.34. The lowest BCUT2D eigenvalue weighted by Crippen LogP contribution is -2.33. The number of benzene rings is 2. The molecule has 24 heavy (non-hydrogen) atoms. The van der Waals surface area contributed by atoms with Gasteiger partial charge in [0.1, 0.15) is 0 Å². The van der Waals surface area contributed by atoms with Crippen LogP contribution in [0.5, 0.6) is 0 Å². The molecule has 4 nitrogen and oxygen atoms in total. The number of carbonyl (C=O) groups is 2. The van der Waals surface area contributed by atoms with Crippen molar-refractivity contribution in [3.8, 4) is 0 Å². The second-order valence-corrected chi connectivity index (χ2v) is 5.22. The predicted molar refractivity (Wildman–Crippen MR) is 83.9 cm³/mol. The van der Waals surface area contributed by atoms with Gasteiger partial charge in [0.25, 0.3) is 5.91 Å². The lowest BCUT2D eigenvalue weighted by Gasteiger charge is -2.13. The molecule has 126 valence electrons. The van der Waals surface area contributed by atoms with Crippen molar-refractivity contribution < 1.29 is 22.8 Å². The van der Waals surface area contributed by atoms with Gasteiger partial charge < -0.3 is 10.6 Å². The maximum absolute atomic E-state index is 12.8. The van der Waals surface area contributed by atoms with E-state index in [-0.39, 0.29) is 11.3 Å². The molecule has 0 aliphatic carbocycles. The van der Waals surface area contributed by atoms with E-state index < -0.39 is 30.1 Å². The molecule has 0 aliphatic heterocycles. The molecule has 0 spiro atoms. The van der Waals surface area contributed by atoms with Crippen LogP contribution in [0, 0.1) is 0 Å². The first kappa shape index (κ1) is 17.8. The van der Waals surface area contributed by atoms with Crippen LogP contribution in [0.1, 0.15) is 15.9 Å². The van der Waals surface area contributed by atoms with Crippen molar-refractivity contribution in [3.63, 3.8) is 0 Å². The highest BCUT2D eigenvalue weighted by atomic mass is 35.5. The maximum Gasteiger partial charge on any atom is 0.418 e. The smallest absolute Gasteiger partial charge is 0.343 e. The minimum Gasteiger partial charge on any atom is -0.343 e. The minimum atomic E-state index is -4.59. The van der Waals surface area contributed by atoms with E-state index in [2.05, 4.69) is 10.6 Å². The molecule has 0 atom stereocenters. The second kappa shape index (κ2) is 7.35. The molecule has 0 saturated heterocycles. The fourth-order valence-electron chi connectivity index (χ4n) is 1.93. The largest absolute Gasteiger partial charge is 0.418 e. The van der Waals surface area contributed by atoms with Gasteiger partial charge in [-0.2, -0.15) is 13.2 Å². The monoisotopic (exact) mass is 356 g/mol. The Hall–Kier alpha value is -2.54. The van der Waals surface area contributed by atoms with Gasteiger partial charge in [0.2, 0.25) is 5.91 Å². The van der Waals surface area contributed by atoms with Gasteiger partial charge in [-0.1, -0.05) is 29.8 Å². The third-order valence-electron chi connectivity index (χ3n) is 3.00. The zero-order valence-electron chi connectivity index (χ0n) is 12.2. The van der Waals surface area contributed by atoms with Gasteiger partial charge in [0, 0.05) is 10.6 Å². The number of alkyl halides is 3. The molecule has 0 saturated carbocycles. The van der Waals surface area contributed by atoms with E-state index in [1.165, 1.54) is 24.3 Å². The van der Waals surface area contributed by atoms with Crippen LogP contribution in [0.4, 0.5) is 18.9 Å². The highest BCUT2D eigenvalue weighted by molar-refractivity contribution is 6.31. The van der Waals surface area contributed by atoms with Crippen molar-refractivity contribution in [1.82, 2.24) is 5.32 Å². The van der Waals surface area contributed by atoms with Crippen LogP contribution in [-0.4, -0.2) is 18.4 Å². The number of halogens is 4. The SMILES string of the molecule is O=C(CNC(=O)c1cccc(Cl)c1)Nc1ccccc1C(F)(F)F. The van der Waals surface area contributed by atoms with Crippen molar-refractivity contribution in [1.29, 1.82) is 0 Å². The zero-order chi connectivity index (χ0) is 17.7. The summed E-state index contributed by atoms with van der Waals surface area (Å²) in [5.74, 6) is -1.33. The van der Waals surface area contributed by atoms with Crippen LogP contribution < -0.4 is 10.6 Å². The Morgan fingerprint density at radius 3 is 2.42 bits per heavy atom. The molecular weight excluding hydrogens is 345 g/mol. The van der Waals surface area contributed by atoms with E-state index in [1.54, 1.807) is 12.1 Å². The summed E-state index contributed by atoms with van der Waals surface area (Å²) >= 11 is 5.75. The van der Waals surface area contributed by atoms with E-state index in [1.807, 2.05) is 0 Å². The molecule has 2 amide bonds. The number of hydrogen-bond acceptors (Lipinski definition) is 2.